The Morgan fingerprint density at radius 2 is 2.22 bits per heavy atom. The predicted molar refractivity (Wildman–Crippen MR) is 75.1 cm³/mol. The van der Waals surface area contributed by atoms with Crippen LogP contribution < -0.4 is 0 Å². The van der Waals surface area contributed by atoms with Crippen LogP contribution in [0.25, 0.3) is 0 Å². The van der Waals surface area contributed by atoms with Crippen LogP contribution in [0.2, 0.25) is 0 Å². The van der Waals surface area contributed by atoms with Crippen molar-refractivity contribution in [3.63, 3.8) is 0 Å². The minimum Gasteiger partial charge on any atom is -0.476 e. The maximum absolute atomic E-state index is 12.6. The standard InChI is InChI=1S/C13H13F3N4O2S/c1-19-9-6-20(3-2-8(9)10(18-19)11(21)22)5-7-4-17-12(23-7)13(14,15)16/h4H,2-3,5-6H2,1H3,(H,21,22). The molecule has 0 saturated heterocycles. The van der Waals surface area contributed by atoms with Crippen molar-refractivity contribution in [1.29, 1.82) is 0 Å². The second kappa shape index (κ2) is 5.60. The van der Waals surface area contributed by atoms with Gasteiger partial charge in [0.2, 0.25) is 0 Å². The molecule has 2 aromatic heterocycles. The first kappa shape index (κ1) is 15.9. The minimum atomic E-state index is -4.42. The van der Waals surface area contributed by atoms with Crippen LogP contribution in [-0.2, 0) is 32.7 Å². The van der Waals surface area contributed by atoms with Gasteiger partial charge >= 0.3 is 12.1 Å². The van der Waals surface area contributed by atoms with Gasteiger partial charge in [0.25, 0.3) is 0 Å². The van der Waals surface area contributed by atoms with Crippen LogP contribution in [0.3, 0.4) is 0 Å². The summed E-state index contributed by atoms with van der Waals surface area (Å²) >= 11 is 0.635. The van der Waals surface area contributed by atoms with Crippen LogP contribution in [-0.4, -0.2) is 37.3 Å². The molecular formula is C13H13F3N4O2S. The lowest BCUT2D eigenvalue weighted by Crippen LogP contribution is -2.31. The van der Waals surface area contributed by atoms with Gasteiger partial charge in [-0.05, 0) is 6.42 Å². The molecule has 0 bridgehead atoms. The molecule has 1 aliphatic heterocycles. The molecule has 0 radical (unpaired) electrons. The number of carboxylic acids is 1. The van der Waals surface area contributed by atoms with Crippen LogP contribution in [0.5, 0.6) is 0 Å². The molecule has 0 spiro atoms. The molecule has 0 amide bonds. The normalized spacial score (nSPS) is 15.7. The number of alkyl halides is 3. The van der Waals surface area contributed by atoms with E-state index in [2.05, 4.69) is 10.1 Å². The maximum Gasteiger partial charge on any atom is 0.443 e. The number of rotatable bonds is 3. The highest BCUT2D eigenvalue weighted by atomic mass is 32.1. The molecule has 0 saturated carbocycles. The van der Waals surface area contributed by atoms with Gasteiger partial charge in [0, 0.05) is 43.3 Å². The fourth-order valence-electron chi connectivity index (χ4n) is 2.66. The Kier molecular flexibility index (Phi) is 3.88. The van der Waals surface area contributed by atoms with E-state index in [4.69, 9.17) is 5.11 Å². The third-order valence-corrected chi connectivity index (χ3v) is 4.73. The van der Waals surface area contributed by atoms with Crippen molar-refractivity contribution in [1.82, 2.24) is 19.7 Å². The fourth-order valence-corrected chi connectivity index (χ4v) is 3.48. The number of aromatic nitrogens is 3. The molecule has 6 nitrogen and oxygen atoms in total. The van der Waals surface area contributed by atoms with E-state index >= 15 is 0 Å². The van der Waals surface area contributed by atoms with Crippen molar-refractivity contribution in [3.8, 4) is 0 Å². The zero-order valence-corrected chi connectivity index (χ0v) is 12.9. The molecule has 23 heavy (non-hydrogen) atoms. The van der Waals surface area contributed by atoms with E-state index in [9.17, 15) is 18.0 Å². The van der Waals surface area contributed by atoms with Gasteiger partial charge in [-0.2, -0.15) is 18.3 Å². The summed E-state index contributed by atoms with van der Waals surface area (Å²) in [6, 6.07) is 0. The van der Waals surface area contributed by atoms with Crippen molar-refractivity contribution in [2.45, 2.75) is 25.7 Å². The third kappa shape index (κ3) is 3.08. The third-order valence-electron chi connectivity index (χ3n) is 3.70. The first-order valence-corrected chi connectivity index (χ1v) is 7.59. The Morgan fingerprint density at radius 3 is 2.83 bits per heavy atom. The Morgan fingerprint density at radius 1 is 1.48 bits per heavy atom. The Hall–Kier alpha value is -1.94. The molecule has 1 aliphatic rings. The number of hydrogen-bond acceptors (Lipinski definition) is 5. The van der Waals surface area contributed by atoms with Gasteiger partial charge in [-0.3, -0.25) is 9.58 Å². The van der Waals surface area contributed by atoms with Gasteiger partial charge in [-0.15, -0.1) is 11.3 Å². The highest BCUT2D eigenvalue weighted by molar-refractivity contribution is 7.11. The van der Waals surface area contributed by atoms with Crippen molar-refractivity contribution in [2.24, 2.45) is 7.05 Å². The van der Waals surface area contributed by atoms with Crippen LogP contribution in [0.1, 0.15) is 31.6 Å². The molecule has 0 fully saturated rings. The van der Waals surface area contributed by atoms with E-state index in [-0.39, 0.29) is 5.69 Å². The quantitative estimate of drug-likeness (QED) is 0.922. The van der Waals surface area contributed by atoms with E-state index in [0.717, 1.165) is 5.69 Å². The SMILES string of the molecule is Cn1nc(C(=O)O)c2c1CN(Cc1cnc(C(F)(F)F)s1)CC2. The summed E-state index contributed by atoms with van der Waals surface area (Å²) in [5, 5.41) is 12.3. The molecule has 1 N–H and O–H groups in total. The van der Waals surface area contributed by atoms with Crippen LogP contribution in [0.15, 0.2) is 6.20 Å². The summed E-state index contributed by atoms with van der Waals surface area (Å²) in [6.45, 7) is 1.37. The molecular weight excluding hydrogens is 333 g/mol. The van der Waals surface area contributed by atoms with Crippen molar-refractivity contribution in [2.75, 3.05) is 6.54 Å². The van der Waals surface area contributed by atoms with E-state index in [1.165, 1.54) is 10.9 Å². The minimum absolute atomic E-state index is 0.0549. The smallest absolute Gasteiger partial charge is 0.443 e. The zero-order valence-electron chi connectivity index (χ0n) is 12.1. The molecule has 2 aromatic rings. The Bertz CT molecular complexity index is 753. The average Bonchev–Trinajstić information content (AvgIpc) is 3.04. The topological polar surface area (TPSA) is 71.2 Å². The van der Waals surface area contributed by atoms with Crippen LogP contribution in [0.4, 0.5) is 13.2 Å². The summed E-state index contributed by atoms with van der Waals surface area (Å²) < 4.78 is 39.3. The Balaban J connectivity index is 1.75. The number of carbonyl (C=O) groups is 1. The molecule has 3 heterocycles. The fraction of sp³-hybridized carbons (Fsp3) is 0.462. The highest BCUT2D eigenvalue weighted by Gasteiger charge is 2.35. The lowest BCUT2D eigenvalue weighted by Gasteiger charge is -2.26. The number of carboxylic acid groups (broad SMARTS) is 1. The summed E-state index contributed by atoms with van der Waals surface area (Å²) in [6.07, 6.45) is -2.67. The van der Waals surface area contributed by atoms with Gasteiger partial charge in [-0.25, -0.2) is 9.78 Å². The number of nitrogens with zero attached hydrogens (tertiary/aromatic N) is 4. The largest absolute Gasteiger partial charge is 0.476 e. The van der Waals surface area contributed by atoms with Gasteiger partial charge in [0.05, 0.1) is 5.69 Å². The highest BCUT2D eigenvalue weighted by Crippen LogP contribution is 2.33. The van der Waals surface area contributed by atoms with Gasteiger partial charge in [0.15, 0.2) is 10.7 Å². The zero-order chi connectivity index (χ0) is 16.8. The van der Waals surface area contributed by atoms with Crippen molar-refractivity contribution < 1.29 is 23.1 Å². The lowest BCUT2D eigenvalue weighted by atomic mass is 10.0. The van der Waals surface area contributed by atoms with E-state index in [0.29, 0.717) is 47.8 Å². The number of thiazole rings is 1. The van der Waals surface area contributed by atoms with Gasteiger partial charge in [0.1, 0.15) is 0 Å². The molecule has 124 valence electrons. The molecule has 10 heteroatoms. The summed E-state index contributed by atoms with van der Waals surface area (Å²) in [5.41, 5.74) is 1.55. The Labute approximate surface area is 133 Å². The number of halogens is 3. The lowest BCUT2D eigenvalue weighted by molar-refractivity contribution is -0.137. The molecule has 0 atom stereocenters. The average molecular weight is 346 g/mol. The number of aromatic carboxylic acids is 1. The summed E-state index contributed by atoms with van der Waals surface area (Å²) in [7, 11) is 1.67. The van der Waals surface area contributed by atoms with Gasteiger partial charge in [-0.1, -0.05) is 0 Å². The van der Waals surface area contributed by atoms with Crippen molar-refractivity contribution >= 4 is 17.3 Å². The van der Waals surface area contributed by atoms with Crippen LogP contribution in [0, 0.1) is 0 Å². The number of aryl methyl sites for hydroxylation is 1. The number of hydrogen-bond donors (Lipinski definition) is 1. The monoisotopic (exact) mass is 346 g/mol. The first-order valence-electron chi connectivity index (χ1n) is 6.78. The summed E-state index contributed by atoms with van der Waals surface area (Å²) in [5.74, 6) is -1.06. The summed E-state index contributed by atoms with van der Waals surface area (Å²) in [4.78, 5) is 17.1. The van der Waals surface area contributed by atoms with E-state index in [1.807, 2.05) is 4.90 Å². The molecule has 0 aromatic carbocycles. The van der Waals surface area contributed by atoms with E-state index < -0.39 is 17.2 Å². The maximum atomic E-state index is 12.6. The molecule has 0 unspecified atom stereocenters. The van der Waals surface area contributed by atoms with Crippen LogP contribution >= 0.6 is 11.3 Å². The van der Waals surface area contributed by atoms with Gasteiger partial charge < -0.3 is 5.11 Å². The second-order valence-corrected chi connectivity index (χ2v) is 6.41. The van der Waals surface area contributed by atoms with Crippen molar-refractivity contribution in [3.05, 3.63) is 33.0 Å². The molecule has 0 aliphatic carbocycles. The molecule has 3 rings (SSSR count). The first-order chi connectivity index (χ1) is 10.8. The number of fused-ring (bicyclic) bond motifs is 1. The second-order valence-electron chi connectivity index (χ2n) is 5.29. The van der Waals surface area contributed by atoms with E-state index in [1.54, 1.807) is 7.05 Å². The predicted octanol–water partition coefficient (Wildman–Crippen LogP) is 2.15.